The maximum Gasteiger partial charge on any atom is 0.267 e. The number of likely N-dealkylation sites (tertiary alicyclic amines) is 1. The third-order valence-electron chi connectivity index (χ3n) is 4.35. The van der Waals surface area contributed by atoms with E-state index in [0.29, 0.717) is 17.5 Å². The predicted molar refractivity (Wildman–Crippen MR) is 91.3 cm³/mol. The first-order valence-corrected chi connectivity index (χ1v) is 8.29. The number of piperidine rings is 1. The van der Waals surface area contributed by atoms with Crippen molar-refractivity contribution in [3.05, 3.63) is 47.0 Å². The van der Waals surface area contributed by atoms with Gasteiger partial charge in [0.25, 0.3) is 5.56 Å². The van der Waals surface area contributed by atoms with Crippen LogP contribution in [-0.2, 0) is 11.3 Å². The van der Waals surface area contributed by atoms with Gasteiger partial charge in [-0.05, 0) is 36.5 Å². The third kappa shape index (κ3) is 3.69. The number of hydrogen-bond acceptors (Lipinski definition) is 4. The Labute approximate surface area is 141 Å². The molecule has 1 aliphatic rings. The molecule has 0 saturated carbocycles. The molecule has 126 valence electrons. The summed E-state index contributed by atoms with van der Waals surface area (Å²) in [4.78, 5) is 30.5. The third-order valence-corrected chi connectivity index (χ3v) is 4.35. The van der Waals surface area contributed by atoms with Gasteiger partial charge >= 0.3 is 0 Å². The molecule has 6 heteroatoms. The molecule has 6 nitrogen and oxygen atoms in total. The van der Waals surface area contributed by atoms with Gasteiger partial charge in [0, 0.05) is 37.1 Å². The second kappa shape index (κ2) is 6.95. The molecule has 1 amide bonds. The first-order valence-electron chi connectivity index (χ1n) is 8.29. The largest absolute Gasteiger partial charge is 0.341 e. The molecule has 0 aromatic carbocycles. The van der Waals surface area contributed by atoms with Gasteiger partial charge in [-0.2, -0.15) is 5.10 Å². The van der Waals surface area contributed by atoms with E-state index >= 15 is 0 Å². The van der Waals surface area contributed by atoms with Crippen molar-refractivity contribution < 1.29 is 4.79 Å². The Hall–Kier alpha value is -2.50. The van der Waals surface area contributed by atoms with E-state index in [2.05, 4.69) is 23.9 Å². The van der Waals surface area contributed by atoms with Crippen LogP contribution in [0, 0.1) is 11.8 Å². The zero-order valence-corrected chi connectivity index (χ0v) is 14.1. The van der Waals surface area contributed by atoms with E-state index in [1.165, 1.54) is 10.7 Å². The second-order valence-corrected chi connectivity index (χ2v) is 6.70. The summed E-state index contributed by atoms with van der Waals surface area (Å²) in [5.41, 5.74) is 1.26. The predicted octanol–water partition coefficient (Wildman–Crippen LogP) is 1.81. The summed E-state index contributed by atoms with van der Waals surface area (Å²) < 4.78 is 1.25. The minimum atomic E-state index is -0.265. The fourth-order valence-corrected chi connectivity index (χ4v) is 3.33. The molecule has 1 fully saturated rings. The van der Waals surface area contributed by atoms with E-state index < -0.39 is 0 Å². The highest BCUT2D eigenvalue weighted by Gasteiger charge is 2.25. The molecule has 2 aromatic heterocycles. The molecule has 0 N–H and O–H groups in total. The Balaban J connectivity index is 1.79. The molecule has 0 bridgehead atoms. The molecule has 0 radical (unpaired) electrons. The van der Waals surface area contributed by atoms with Gasteiger partial charge in [0.1, 0.15) is 6.54 Å². The molecule has 3 rings (SSSR count). The van der Waals surface area contributed by atoms with Crippen molar-refractivity contribution in [1.82, 2.24) is 19.7 Å². The zero-order valence-electron chi connectivity index (χ0n) is 14.1. The molecule has 2 unspecified atom stereocenters. The maximum atomic E-state index is 12.6. The minimum Gasteiger partial charge on any atom is -0.341 e. The van der Waals surface area contributed by atoms with Gasteiger partial charge in [-0.15, -0.1) is 0 Å². The van der Waals surface area contributed by atoms with Crippen LogP contribution in [0.3, 0.4) is 0 Å². The molecule has 1 aliphatic heterocycles. The number of carbonyl (C=O) groups excluding carboxylic acids is 1. The fourth-order valence-electron chi connectivity index (χ4n) is 3.33. The zero-order chi connectivity index (χ0) is 17.1. The van der Waals surface area contributed by atoms with Crippen LogP contribution in [0.15, 0.2) is 41.5 Å². The van der Waals surface area contributed by atoms with Crippen molar-refractivity contribution in [2.24, 2.45) is 11.8 Å². The molecule has 1 saturated heterocycles. The number of aromatic nitrogens is 3. The normalized spacial score (nSPS) is 20.8. The van der Waals surface area contributed by atoms with Crippen LogP contribution in [0.4, 0.5) is 0 Å². The smallest absolute Gasteiger partial charge is 0.267 e. The second-order valence-electron chi connectivity index (χ2n) is 6.70. The lowest BCUT2D eigenvalue weighted by molar-refractivity contribution is -0.134. The first-order chi connectivity index (χ1) is 11.5. The summed E-state index contributed by atoms with van der Waals surface area (Å²) in [5, 5.41) is 4.34. The molecule has 3 heterocycles. The Morgan fingerprint density at radius 2 is 1.79 bits per heavy atom. The lowest BCUT2D eigenvalue weighted by Crippen LogP contribution is -2.45. The highest BCUT2D eigenvalue weighted by Crippen LogP contribution is 2.21. The topological polar surface area (TPSA) is 68.1 Å². The molecule has 2 atom stereocenters. The monoisotopic (exact) mass is 326 g/mol. The van der Waals surface area contributed by atoms with Crippen LogP contribution >= 0.6 is 0 Å². The van der Waals surface area contributed by atoms with Crippen molar-refractivity contribution in [2.45, 2.75) is 26.8 Å². The lowest BCUT2D eigenvalue weighted by atomic mass is 9.92. The van der Waals surface area contributed by atoms with Crippen molar-refractivity contribution in [3.63, 3.8) is 0 Å². The summed E-state index contributed by atoms with van der Waals surface area (Å²) in [7, 11) is 0. The maximum absolute atomic E-state index is 12.6. The van der Waals surface area contributed by atoms with Crippen LogP contribution in [0.1, 0.15) is 20.3 Å². The molecule has 0 aliphatic carbocycles. The van der Waals surface area contributed by atoms with Crippen LogP contribution < -0.4 is 5.56 Å². The van der Waals surface area contributed by atoms with Crippen LogP contribution in [0.25, 0.3) is 11.3 Å². The van der Waals surface area contributed by atoms with Crippen LogP contribution in [0.5, 0.6) is 0 Å². The standard InChI is InChI=1S/C18H22N4O2/c1-13-9-14(2)11-21(10-13)18(24)12-22-17(23)4-3-16(20-22)15-5-7-19-8-6-15/h3-8,13-14H,9-12H2,1-2H3. The molecular formula is C18H22N4O2. The number of amides is 1. The molecule has 0 spiro atoms. The molecular weight excluding hydrogens is 304 g/mol. The van der Waals surface area contributed by atoms with Crippen molar-refractivity contribution in [1.29, 1.82) is 0 Å². The Morgan fingerprint density at radius 1 is 1.12 bits per heavy atom. The number of rotatable bonds is 3. The van der Waals surface area contributed by atoms with E-state index in [4.69, 9.17) is 0 Å². The van der Waals surface area contributed by atoms with Gasteiger partial charge in [-0.1, -0.05) is 13.8 Å². The minimum absolute atomic E-state index is 0.0167. The number of nitrogens with zero attached hydrogens (tertiary/aromatic N) is 4. The van der Waals surface area contributed by atoms with Crippen molar-refractivity contribution in [3.8, 4) is 11.3 Å². The van der Waals surface area contributed by atoms with Gasteiger partial charge in [0.15, 0.2) is 0 Å². The van der Waals surface area contributed by atoms with Gasteiger partial charge in [0.05, 0.1) is 5.69 Å². The number of carbonyl (C=O) groups is 1. The van der Waals surface area contributed by atoms with E-state index in [-0.39, 0.29) is 18.0 Å². The van der Waals surface area contributed by atoms with Gasteiger partial charge in [-0.3, -0.25) is 14.6 Å². The first kappa shape index (κ1) is 16.4. The highest BCUT2D eigenvalue weighted by atomic mass is 16.2. The summed E-state index contributed by atoms with van der Waals surface area (Å²) in [6, 6.07) is 6.78. The van der Waals surface area contributed by atoms with E-state index in [0.717, 1.165) is 25.1 Å². The Kier molecular flexibility index (Phi) is 4.74. The number of pyridine rings is 1. The fraction of sp³-hybridized carbons (Fsp3) is 0.444. The molecule has 24 heavy (non-hydrogen) atoms. The van der Waals surface area contributed by atoms with Gasteiger partial charge in [0.2, 0.25) is 5.91 Å². The summed E-state index contributed by atoms with van der Waals surface area (Å²) in [6.45, 7) is 5.80. The summed E-state index contributed by atoms with van der Waals surface area (Å²) in [6.07, 6.45) is 4.49. The van der Waals surface area contributed by atoms with E-state index in [1.807, 2.05) is 17.0 Å². The van der Waals surface area contributed by atoms with E-state index in [9.17, 15) is 9.59 Å². The van der Waals surface area contributed by atoms with Crippen LogP contribution in [-0.4, -0.2) is 38.7 Å². The number of hydrogen-bond donors (Lipinski definition) is 0. The average molecular weight is 326 g/mol. The summed E-state index contributed by atoms with van der Waals surface area (Å²) >= 11 is 0. The van der Waals surface area contributed by atoms with Gasteiger partial charge < -0.3 is 4.90 Å². The summed E-state index contributed by atoms with van der Waals surface area (Å²) in [5.74, 6) is 0.936. The van der Waals surface area contributed by atoms with Crippen molar-refractivity contribution in [2.75, 3.05) is 13.1 Å². The Morgan fingerprint density at radius 3 is 2.46 bits per heavy atom. The van der Waals surface area contributed by atoms with Crippen LogP contribution in [0.2, 0.25) is 0 Å². The Bertz CT molecular complexity index is 762. The lowest BCUT2D eigenvalue weighted by Gasteiger charge is -2.35. The SMILES string of the molecule is CC1CC(C)CN(C(=O)Cn2nc(-c3ccncc3)ccc2=O)C1. The van der Waals surface area contributed by atoms with Crippen molar-refractivity contribution >= 4 is 5.91 Å². The quantitative estimate of drug-likeness (QED) is 0.863. The van der Waals surface area contributed by atoms with Gasteiger partial charge in [-0.25, -0.2) is 4.68 Å². The van der Waals surface area contributed by atoms with E-state index in [1.54, 1.807) is 18.5 Å². The average Bonchev–Trinajstić information content (AvgIpc) is 2.56. The highest BCUT2D eigenvalue weighted by molar-refractivity contribution is 5.76. The molecule has 2 aromatic rings.